The standard InChI is InChI=1S/C7H11NO3/c1-4-2-5(8)6(3-4)11-7(9)10/h5-6H,1-3,8H2,(H,9,10)/t5-,6+/m1/s1. The van der Waals surface area contributed by atoms with Gasteiger partial charge < -0.3 is 15.6 Å². The normalized spacial score (nSPS) is 30.5. The van der Waals surface area contributed by atoms with E-state index in [4.69, 9.17) is 10.8 Å². The van der Waals surface area contributed by atoms with Crippen LogP contribution in [-0.4, -0.2) is 23.4 Å². The molecule has 4 nitrogen and oxygen atoms in total. The second kappa shape index (κ2) is 2.92. The van der Waals surface area contributed by atoms with Crippen LogP contribution >= 0.6 is 0 Å². The van der Waals surface area contributed by atoms with Crippen LogP contribution in [0.5, 0.6) is 0 Å². The molecule has 1 fully saturated rings. The minimum atomic E-state index is -1.26. The second-order valence-corrected chi connectivity index (χ2v) is 2.74. The van der Waals surface area contributed by atoms with E-state index in [2.05, 4.69) is 11.3 Å². The predicted octanol–water partition coefficient (Wildman–Crippen LogP) is 0.727. The van der Waals surface area contributed by atoms with Gasteiger partial charge in [0, 0.05) is 12.5 Å². The zero-order chi connectivity index (χ0) is 8.43. The van der Waals surface area contributed by atoms with E-state index in [1.54, 1.807) is 0 Å². The molecule has 1 rings (SSSR count). The Kier molecular flexibility index (Phi) is 2.14. The lowest BCUT2D eigenvalue weighted by molar-refractivity contribution is 0.0494. The van der Waals surface area contributed by atoms with E-state index in [0.717, 1.165) is 5.57 Å². The van der Waals surface area contributed by atoms with Gasteiger partial charge in [-0.25, -0.2) is 4.79 Å². The summed E-state index contributed by atoms with van der Waals surface area (Å²) in [7, 11) is 0. The Balaban J connectivity index is 2.46. The Bertz CT molecular complexity index is 190. The second-order valence-electron chi connectivity index (χ2n) is 2.74. The van der Waals surface area contributed by atoms with E-state index in [0.29, 0.717) is 12.8 Å². The van der Waals surface area contributed by atoms with Crippen LogP contribution in [0.2, 0.25) is 0 Å². The molecule has 0 aromatic heterocycles. The summed E-state index contributed by atoms with van der Waals surface area (Å²) in [6, 6.07) is -0.210. The third-order valence-electron chi connectivity index (χ3n) is 1.74. The predicted molar refractivity (Wildman–Crippen MR) is 39.2 cm³/mol. The number of hydrogen-bond donors (Lipinski definition) is 2. The van der Waals surface area contributed by atoms with Gasteiger partial charge in [0.15, 0.2) is 0 Å². The summed E-state index contributed by atoms with van der Waals surface area (Å²) in [6.07, 6.45) is -0.425. The van der Waals surface area contributed by atoms with E-state index in [-0.39, 0.29) is 12.1 Å². The molecule has 0 aromatic carbocycles. The largest absolute Gasteiger partial charge is 0.506 e. The minimum Gasteiger partial charge on any atom is -0.450 e. The molecule has 0 radical (unpaired) electrons. The molecule has 1 aliphatic carbocycles. The van der Waals surface area contributed by atoms with Crippen molar-refractivity contribution in [3.8, 4) is 0 Å². The number of carbonyl (C=O) groups is 1. The van der Waals surface area contributed by atoms with Gasteiger partial charge in [-0.15, -0.1) is 0 Å². The summed E-state index contributed by atoms with van der Waals surface area (Å²) in [5.74, 6) is 0. The van der Waals surface area contributed by atoms with Gasteiger partial charge in [0.2, 0.25) is 0 Å². The average Bonchev–Trinajstić information content (AvgIpc) is 2.09. The van der Waals surface area contributed by atoms with Crippen LogP contribution in [0, 0.1) is 0 Å². The summed E-state index contributed by atoms with van der Waals surface area (Å²) in [6.45, 7) is 3.71. The smallest absolute Gasteiger partial charge is 0.450 e. The zero-order valence-corrected chi connectivity index (χ0v) is 6.12. The highest BCUT2D eigenvalue weighted by Gasteiger charge is 2.29. The third kappa shape index (κ3) is 1.94. The molecule has 0 saturated heterocycles. The Labute approximate surface area is 64.6 Å². The number of carboxylic acid groups (broad SMARTS) is 1. The maximum Gasteiger partial charge on any atom is 0.506 e. The molecular formula is C7H11NO3. The average molecular weight is 157 g/mol. The summed E-state index contributed by atoms with van der Waals surface area (Å²) in [5.41, 5.74) is 6.53. The zero-order valence-electron chi connectivity index (χ0n) is 6.12. The molecule has 62 valence electrons. The Morgan fingerprint density at radius 1 is 1.73 bits per heavy atom. The maximum absolute atomic E-state index is 10.1. The molecular weight excluding hydrogens is 146 g/mol. The first kappa shape index (κ1) is 8.07. The minimum absolute atomic E-state index is 0.210. The van der Waals surface area contributed by atoms with Crippen molar-refractivity contribution in [2.75, 3.05) is 0 Å². The van der Waals surface area contributed by atoms with Crippen molar-refractivity contribution in [1.29, 1.82) is 0 Å². The van der Waals surface area contributed by atoms with Gasteiger partial charge in [-0.2, -0.15) is 0 Å². The molecule has 3 N–H and O–H groups in total. The first-order valence-corrected chi connectivity index (χ1v) is 3.41. The molecule has 0 aliphatic heterocycles. The fraction of sp³-hybridized carbons (Fsp3) is 0.571. The highest BCUT2D eigenvalue weighted by atomic mass is 16.7. The molecule has 1 aliphatic rings. The highest BCUT2D eigenvalue weighted by Crippen LogP contribution is 2.24. The third-order valence-corrected chi connectivity index (χ3v) is 1.74. The molecule has 0 heterocycles. The summed E-state index contributed by atoms with van der Waals surface area (Å²) in [5, 5.41) is 8.27. The number of ether oxygens (including phenoxy) is 1. The molecule has 1 saturated carbocycles. The van der Waals surface area contributed by atoms with Crippen molar-refractivity contribution in [1.82, 2.24) is 0 Å². The molecule has 2 atom stereocenters. The number of hydrogen-bond acceptors (Lipinski definition) is 3. The van der Waals surface area contributed by atoms with E-state index < -0.39 is 6.16 Å². The van der Waals surface area contributed by atoms with Gasteiger partial charge in [0.25, 0.3) is 0 Å². The van der Waals surface area contributed by atoms with Crippen molar-refractivity contribution in [3.63, 3.8) is 0 Å². The maximum atomic E-state index is 10.1. The number of nitrogens with two attached hydrogens (primary N) is 1. The van der Waals surface area contributed by atoms with Crippen molar-refractivity contribution >= 4 is 6.16 Å². The first-order chi connectivity index (χ1) is 5.09. The lowest BCUT2D eigenvalue weighted by Crippen LogP contribution is -2.32. The Morgan fingerprint density at radius 2 is 2.36 bits per heavy atom. The summed E-state index contributed by atoms with van der Waals surface area (Å²) in [4.78, 5) is 10.1. The number of rotatable bonds is 1. The first-order valence-electron chi connectivity index (χ1n) is 3.41. The van der Waals surface area contributed by atoms with Crippen molar-refractivity contribution in [3.05, 3.63) is 12.2 Å². The molecule has 0 aromatic rings. The van der Waals surface area contributed by atoms with Crippen LogP contribution in [0.15, 0.2) is 12.2 Å². The summed E-state index contributed by atoms with van der Waals surface area (Å²) < 4.78 is 4.52. The quantitative estimate of drug-likeness (QED) is 0.434. The molecule has 11 heavy (non-hydrogen) atoms. The van der Waals surface area contributed by atoms with Crippen LogP contribution in [0.1, 0.15) is 12.8 Å². The Morgan fingerprint density at radius 3 is 2.73 bits per heavy atom. The van der Waals surface area contributed by atoms with Crippen molar-refractivity contribution < 1.29 is 14.6 Å². The lowest BCUT2D eigenvalue weighted by Gasteiger charge is -2.12. The topological polar surface area (TPSA) is 72.5 Å². The van der Waals surface area contributed by atoms with E-state index in [1.165, 1.54) is 0 Å². The van der Waals surface area contributed by atoms with Crippen molar-refractivity contribution in [2.45, 2.75) is 25.0 Å². The SMILES string of the molecule is C=C1C[C@@H](N)[C@@H](OC(=O)O)C1. The fourth-order valence-corrected chi connectivity index (χ4v) is 1.24. The van der Waals surface area contributed by atoms with Crippen LogP contribution in [0.3, 0.4) is 0 Å². The van der Waals surface area contributed by atoms with E-state index in [1.807, 2.05) is 0 Å². The lowest BCUT2D eigenvalue weighted by atomic mass is 10.2. The van der Waals surface area contributed by atoms with Crippen LogP contribution in [-0.2, 0) is 4.74 Å². The van der Waals surface area contributed by atoms with E-state index >= 15 is 0 Å². The molecule has 4 heteroatoms. The van der Waals surface area contributed by atoms with Gasteiger partial charge in [0.05, 0.1) is 0 Å². The van der Waals surface area contributed by atoms with Crippen molar-refractivity contribution in [2.24, 2.45) is 5.73 Å². The van der Waals surface area contributed by atoms with Crippen LogP contribution in [0.25, 0.3) is 0 Å². The van der Waals surface area contributed by atoms with Crippen LogP contribution in [0.4, 0.5) is 4.79 Å². The van der Waals surface area contributed by atoms with Gasteiger partial charge in [-0.05, 0) is 6.42 Å². The van der Waals surface area contributed by atoms with Gasteiger partial charge in [0.1, 0.15) is 6.10 Å². The van der Waals surface area contributed by atoms with E-state index in [9.17, 15) is 4.79 Å². The molecule has 0 spiro atoms. The monoisotopic (exact) mass is 157 g/mol. The molecule has 0 amide bonds. The fourth-order valence-electron chi connectivity index (χ4n) is 1.24. The van der Waals surface area contributed by atoms with Gasteiger partial charge in [-0.1, -0.05) is 12.2 Å². The molecule has 0 bridgehead atoms. The van der Waals surface area contributed by atoms with Gasteiger partial charge >= 0.3 is 6.16 Å². The van der Waals surface area contributed by atoms with Gasteiger partial charge in [-0.3, -0.25) is 0 Å². The summed E-state index contributed by atoms with van der Waals surface area (Å²) >= 11 is 0. The molecule has 0 unspecified atom stereocenters. The Hall–Kier alpha value is -1.03. The van der Waals surface area contributed by atoms with Crippen LogP contribution < -0.4 is 5.73 Å². The highest BCUT2D eigenvalue weighted by molar-refractivity contribution is 5.57.